The Balaban J connectivity index is 1.74. The molecule has 0 aliphatic carbocycles. The zero-order valence-corrected chi connectivity index (χ0v) is 17.6. The molecule has 0 radical (unpaired) electrons. The van der Waals surface area contributed by atoms with Gasteiger partial charge in [-0.2, -0.15) is 13.2 Å². The lowest BCUT2D eigenvalue weighted by Gasteiger charge is -2.12. The van der Waals surface area contributed by atoms with Gasteiger partial charge < -0.3 is 5.32 Å². The molecule has 5 nitrogen and oxygen atoms in total. The van der Waals surface area contributed by atoms with Crippen molar-refractivity contribution >= 4 is 38.9 Å². The maximum Gasteiger partial charge on any atom is 0.416 e. The van der Waals surface area contributed by atoms with Crippen LogP contribution >= 0.6 is 11.6 Å². The lowest BCUT2D eigenvalue weighted by molar-refractivity contribution is -0.137. The second-order valence-corrected chi connectivity index (χ2v) is 8.73. The summed E-state index contributed by atoms with van der Waals surface area (Å²) >= 11 is 6.13. The second-order valence-electron chi connectivity index (χ2n) is 6.64. The van der Waals surface area contributed by atoms with Gasteiger partial charge >= 0.3 is 6.18 Å². The van der Waals surface area contributed by atoms with E-state index in [1.807, 2.05) is 6.92 Å². The van der Waals surface area contributed by atoms with Gasteiger partial charge in [-0.3, -0.25) is 9.52 Å². The lowest BCUT2D eigenvalue weighted by Crippen LogP contribution is -2.15. The largest absolute Gasteiger partial charge is 0.416 e. The SMILES string of the molecule is Cc1ccc(S(=O)(=O)Nc2ccc(C(=O)Nc3ccc(C(F)(F)F)cc3)cc2Cl)cc1. The number of sulfonamides is 1. The summed E-state index contributed by atoms with van der Waals surface area (Å²) < 4.78 is 65.2. The van der Waals surface area contributed by atoms with Gasteiger partial charge in [-0.15, -0.1) is 0 Å². The van der Waals surface area contributed by atoms with Crippen LogP contribution < -0.4 is 10.0 Å². The summed E-state index contributed by atoms with van der Waals surface area (Å²) in [6.45, 7) is 1.83. The van der Waals surface area contributed by atoms with Crippen LogP contribution in [-0.4, -0.2) is 14.3 Å². The van der Waals surface area contributed by atoms with Crippen LogP contribution in [0.1, 0.15) is 21.5 Å². The number of nitrogens with one attached hydrogen (secondary N) is 2. The molecule has 3 rings (SSSR count). The number of aryl methyl sites for hydroxylation is 1. The molecule has 162 valence electrons. The average molecular weight is 469 g/mol. The van der Waals surface area contributed by atoms with Crippen LogP contribution in [0.3, 0.4) is 0 Å². The number of rotatable bonds is 5. The van der Waals surface area contributed by atoms with Gasteiger partial charge in [0.25, 0.3) is 15.9 Å². The molecule has 2 N–H and O–H groups in total. The quantitative estimate of drug-likeness (QED) is 0.503. The van der Waals surface area contributed by atoms with Crippen LogP contribution in [0.4, 0.5) is 24.5 Å². The summed E-state index contributed by atoms with van der Waals surface area (Å²) in [5.41, 5.74) is 0.411. The molecule has 0 aliphatic rings. The molecule has 1 amide bonds. The molecule has 0 fully saturated rings. The summed E-state index contributed by atoms with van der Waals surface area (Å²) in [6, 6.07) is 14.1. The standard InChI is InChI=1S/C21H16ClF3N2O3S/c1-13-2-9-17(10-3-13)31(29,30)27-19-11-4-14(12-18(19)22)20(28)26-16-7-5-15(6-8-16)21(23,24)25/h2-12,27H,1H3,(H,26,28). The number of hydrogen-bond acceptors (Lipinski definition) is 3. The van der Waals surface area contributed by atoms with E-state index in [1.165, 1.54) is 30.3 Å². The Morgan fingerprint density at radius 3 is 2.10 bits per heavy atom. The van der Waals surface area contributed by atoms with Crippen molar-refractivity contribution in [1.82, 2.24) is 0 Å². The van der Waals surface area contributed by atoms with Crippen LogP contribution in [0.5, 0.6) is 0 Å². The molecule has 0 atom stereocenters. The Morgan fingerprint density at radius 2 is 1.55 bits per heavy atom. The number of benzene rings is 3. The maximum absolute atomic E-state index is 12.6. The molecule has 0 heterocycles. The Bertz CT molecular complexity index is 1210. The summed E-state index contributed by atoms with van der Waals surface area (Å²) in [5.74, 6) is -0.616. The zero-order chi connectivity index (χ0) is 22.8. The van der Waals surface area contributed by atoms with Crippen LogP contribution in [0.15, 0.2) is 71.6 Å². The molecular formula is C21H16ClF3N2O3S. The van der Waals surface area contributed by atoms with E-state index in [4.69, 9.17) is 11.6 Å². The van der Waals surface area contributed by atoms with Gasteiger partial charge in [0.05, 0.1) is 21.2 Å². The predicted octanol–water partition coefficient (Wildman–Crippen LogP) is 5.72. The summed E-state index contributed by atoms with van der Waals surface area (Å²) in [6.07, 6.45) is -4.47. The van der Waals surface area contributed by atoms with Gasteiger partial charge in [0.1, 0.15) is 0 Å². The van der Waals surface area contributed by atoms with E-state index in [1.54, 1.807) is 12.1 Å². The minimum Gasteiger partial charge on any atom is -0.322 e. The molecule has 0 saturated carbocycles. The van der Waals surface area contributed by atoms with E-state index in [2.05, 4.69) is 10.0 Å². The van der Waals surface area contributed by atoms with Crippen LogP contribution in [0.25, 0.3) is 0 Å². The number of halogens is 4. The van der Waals surface area contributed by atoms with Crippen molar-refractivity contribution in [3.8, 4) is 0 Å². The van der Waals surface area contributed by atoms with Gasteiger partial charge in [-0.1, -0.05) is 29.3 Å². The van der Waals surface area contributed by atoms with E-state index in [0.29, 0.717) is 0 Å². The van der Waals surface area contributed by atoms with E-state index >= 15 is 0 Å². The molecule has 0 spiro atoms. The van der Waals surface area contributed by atoms with E-state index in [-0.39, 0.29) is 26.9 Å². The number of anilines is 2. The zero-order valence-electron chi connectivity index (χ0n) is 16.0. The molecule has 0 bridgehead atoms. The normalized spacial score (nSPS) is 11.8. The van der Waals surface area contributed by atoms with Crippen molar-refractivity contribution in [2.24, 2.45) is 0 Å². The number of amides is 1. The molecule has 10 heteroatoms. The summed E-state index contributed by atoms with van der Waals surface area (Å²) in [5, 5.41) is 2.44. The highest BCUT2D eigenvalue weighted by Crippen LogP contribution is 2.30. The summed E-state index contributed by atoms with van der Waals surface area (Å²) in [7, 11) is -3.88. The maximum atomic E-state index is 12.6. The first-order valence-corrected chi connectivity index (χ1v) is 10.7. The molecule has 0 aliphatic heterocycles. The Kier molecular flexibility index (Phi) is 6.28. The predicted molar refractivity (Wildman–Crippen MR) is 113 cm³/mol. The first kappa shape index (κ1) is 22.6. The third-order valence-corrected chi connectivity index (χ3v) is 5.97. The smallest absolute Gasteiger partial charge is 0.322 e. The first-order chi connectivity index (χ1) is 14.5. The molecule has 0 unspecified atom stereocenters. The number of alkyl halides is 3. The minimum atomic E-state index is -4.47. The van der Waals surface area contributed by atoms with Gasteiger partial charge in [0, 0.05) is 11.3 Å². The Labute approximate surface area is 181 Å². The van der Waals surface area contributed by atoms with Crippen molar-refractivity contribution in [1.29, 1.82) is 0 Å². The van der Waals surface area contributed by atoms with E-state index in [0.717, 1.165) is 29.8 Å². The molecule has 0 saturated heterocycles. The van der Waals surface area contributed by atoms with E-state index < -0.39 is 27.7 Å². The van der Waals surface area contributed by atoms with Gasteiger partial charge in [0.2, 0.25) is 0 Å². The van der Waals surface area contributed by atoms with Crippen molar-refractivity contribution in [3.63, 3.8) is 0 Å². The Hall–Kier alpha value is -3.04. The monoisotopic (exact) mass is 468 g/mol. The number of carbonyl (C=O) groups is 1. The van der Waals surface area contributed by atoms with Crippen LogP contribution in [0, 0.1) is 6.92 Å². The topological polar surface area (TPSA) is 75.3 Å². The van der Waals surface area contributed by atoms with Crippen LogP contribution in [-0.2, 0) is 16.2 Å². The molecule has 3 aromatic carbocycles. The van der Waals surface area contributed by atoms with Crippen molar-refractivity contribution in [3.05, 3.63) is 88.4 Å². The fourth-order valence-corrected chi connectivity index (χ4v) is 3.97. The van der Waals surface area contributed by atoms with E-state index in [9.17, 15) is 26.4 Å². The molecule has 31 heavy (non-hydrogen) atoms. The minimum absolute atomic E-state index is 0.0178. The molecule has 0 aromatic heterocycles. The molecular weight excluding hydrogens is 453 g/mol. The Morgan fingerprint density at radius 1 is 0.935 bits per heavy atom. The third kappa shape index (κ3) is 5.56. The number of carbonyl (C=O) groups excluding carboxylic acids is 1. The summed E-state index contributed by atoms with van der Waals surface area (Å²) in [4.78, 5) is 12.4. The van der Waals surface area contributed by atoms with Crippen LogP contribution in [0.2, 0.25) is 5.02 Å². The lowest BCUT2D eigenvalue weighted by atomic mass is 10.1. The highest BCUT2D eigenvalue weighted by molar-refractivity contribution is 7.92. The highest BCUT2D eigenvalue weighted by atomic mass is 35.5. The highest BCUT2D eigenvalue weighted by Gasteiger charge is 2.30. The van der Waals surface area contributed by atoms with Crippen molar-refractivity contribution < 1.29 is 26.4 Å². The third-order valence-electron chi connectivity index (χ3n) is 4.28. The van der Waals surface area contributed by atoms with Gasteiger partial charge in [-0.05, 0) is 61.5 Å². The van der Waals surface area contributed by atoms with Crippen molar-refractivity contribution in [2.75, 3.05) is 10.0 Å². The number of hydrogen-bond donors (Lipinski definition) is 2. The second kappa shape index (κ2) is 8.60. The van der Waals surface area contributed by atoms with Gasteiger partial charge in [0.15, 0.2) is 0 Å². The fourth-order valence-electron chi connectivity index (χ4n) is 2.61. The van der Waals surface area contributed by atoms with Crippen molar-refractivity contribution in [2.45, 2.75) is 18.0 Å². The average Bonchev–Trinajstić information content (AvgIpc) is 2.69. The first-order valence-electron chi connectivity index (χ1n) is 8.83. The van der Waals surface area contributed by atoms with Gasteiger partial charge in [-0.25, -0.2) is 8.42 Å². The molecule has 3 aromatic rings. The fraction of sp³-hybridized carbons (Fsp3) is 0.0952.